The van der Waals surface area contributed by atoms with Gasteiger partial charge < -0.3 is 10.1 Å². The SMILES string of the molecule is Cc1ccc(Cl)c2c1C(NC(C)C)CO2. The van der Waals surface area contributed by atoms with Crippen molar-refractivity contribution in [3.05, 3.63) is 28.3 Å². The van der Waals surface area contributed by atoms with Crippen LogP contribution in [0.1, 0.15) is 31.0 Å². The first-order chi connectivity index (χ1) is 7.09. The van der Waals surface area contributed by atoms with Gasteiger partial charge in [0.2, 0.25) is 0 Å². The number of benzene rings is 1. The molecular formula is C12H16ClNO. The van der Waals surface area contributed by atoms with Gasteiger partial charge in [-0.15, -0.1) is 0 Å². The van der Waals surface area contributed by atoms with Gasteiger partial charge >= 0.3 is 0 Å². The van der Waals surface area contributed by atoms with Crippen molar-refractivity contribution in [3.63, 3.8) is 0 Å². The molecule has 0 saturated heterocycles. The van der Waals surface area contributed by atoms with E-state index in [2.05, 4.69) is 26.1 Å². The van der Waals surface area contributed by atoms with Crippen LogP contribution in [0.25, 0.3) is 0 Å². The zero-order valence-corrected chi connectivity index (χ0v) is 10.1. The highest BCUT2D eigenvalue weighted by atomic mass is 35.5. The first-order valence-electron chi connectivity index (χ1n) is 5.27. The normalized spacial score (nSPS) is 19.1. The molecule has 2 rings (SSSR count). The maximum Gasteiger partial charge on any atom is 0.143 e. The fourth-order valence-corrected chi connectivity index (χ4v) is 2.25. The highest BCUT2D eigenvalue weighted by Gasteiger charge is 2.28. The van der Waals surface area contributed by atoms with E-state index in [1.165, 1.54) is 11.1 Å². The molecule has 0 bridgehead atoms. The lowest BCUT2D eigenvalue weighted by Gasteiger charge is -2.16. The maximum absolute atomic E-state index is 6.09. The van der Waals surface area contributed by atoms with Crippen molar-refractivity contribution in [1.82, 2.24) is 5.32 Å². The summed E-state index contributed by atoms with van der Waals surface area (Å²) >= 11 is 6.09. The van der Waals surface area contributed by atoms with E-state index in [1.807, 2.05) is 12.1 Å². The molecule has 1 N–H and O–H groups in total. The summed E-state index contributed by atoms with van der Waals surface area (Å²) in [7, 11) is 0. The number of ether oxygens (including phenoxy) is 1. The molecule has 0 saturated carbocycles. The molecule has 2 nitrogen and oxygen atoms in total. The predicted molar refractivity (Wildman–Crippen MR) is 62.7 cm³/mol. The molecule has 0 radical (unpaired) electrons. The Morgan fingerprint density at radius 2 is 2.20 bits per heavy atom. The van der Waals surface area contributed by atoms with Crippen molar-refractivity contribution in [2.75, 3.05) is 6.61 Å². The Balaban J connectivity index is 2.37. The van der Waals surface area contributed by atoms with E-state index in [4.69, 9.17) is 16.3 Å². The first-order valence-corrected chi connectivity index (χ1v) is 5.65. The van der Waals surface area contributed by atoms with Crippen LogP contribution in [0.3, 0.4) is 0 Å². The van der Waals surface area contributed by atoms with Crippen molar-refractivity contribution in [1.29, 1.82) is 0 Å². The fraction of sp³-hybridized carbons (Fsp3) is 0.500. The zero-order chi connectivity index (χ0) is 11.0. The van der Waals surface area contributed by atoms with E-state index >= 15 is 0 Å². The summed E-state index contributed by atoms with van der Waals surface area (Å²) in [5.74, 6) is 0.856. The Morgan fingerprint density at radius 3 is 2.87 bits per heavy atom. The lowest BCUT2D eigenvalue weighted by Crippen LogP contribution is -2.29. The molecule has 1 unspecified atom stereocenters. The van der Waals surface area contributed by atoms with Gasteiger partial charge in [0, 0.05) is 11.6 Å². The third kappa shape index (κ3) is 1.97. The summed E-state index contributed by atoms with van der Waals surface area (Å²) in [5.41, 5.74) is 2.46. The lowest BCUT2D eigenvalue weighted by molar-refractivity contribution is 0.303. The topological polar surface area (TPSA) is 21.3 Å². The van der Waals surface area contributed by atoms with E-state index in [0.717, 1.165) is 5.75 Å². The minimum atomic E-state index is 0.277. The summed E-state index contributed by atoms with van der Waals surface area (Å²) in [6, 6.07) is 4.67. The quantitative estimate of drug-likeness (QED) is 0.835. The van der Waals surface area contributed by atoms with Gasteiger partial charge in [-0.05, 0) is 18.6 Å². The smallest absolute Gasteiger partial charge is 0.143 e. The van der Waals surface area contributed by atoms with E-state index in [1.54, 1.807) is 0 Å². The van der Waals surface area contributed by atoms with Gasteiger partial charge in [0.25, 0.3) is 0 Å². The molecule has 0 amide bonds. The Kier molecular flexibility index (Phi) is 2.89. The van der Waals surface area contributed by atoms with Gasteiger partial charge in [-0.1, -0.05) is 31.5 Å². The monoisotopic (exact) mass is 225 g/mol. The molecule has 1 atom stereocenters. The Bertz CT molecular complexity index is 376. The van der Waals surface area contributed by atoms with Crippen molar-refractivity contribution < 1.29 is 4.74 Å². The number of fused-ring (bicyclic) bond motifs is 1. The van der Waals surface area contributed by atoms with Crippen LogP contribution in [0.4, 0.5) is 0 Å². The summed E-state index contributed by atoms with van der Waals surface area (Å²) < 4.78 is 5.63. The van der Waals surface area contributed by atoms with Crippen molar-refractivity contribution in [2.45, 2.75) is 32.9 Å². The van der Waals surface area contributed by atoms with E-state index in [-0.39, 0.29) is 6.04 Å². The highest BCUT2D eigenvalue weighted by Crippen LogP contribution is 2.40. The van der Waals surface area contributed by atoms with E-state index in [0.29, 0.717) is 17.7 Å². The third-order valence-electron chi connectivity index (χ3n) is 2.64. The van der Waals surface area contributed by atoms with Gasteiger partial charge in [-0.2, -0.15) is 0 Å². The van der Waals surface area contributed by atoms with Crippen LogP contribution >= 0.6 is 11.6 Å². The average molecular weight is 226 g/mol. The van der Waals surface area contributed by atoms with Gasteiger partial charge in [0.05, 0.1) is 11.1 Å². The fourth-order valence-electron chi connectivity index (χ4n) is 2.03. The van der Waals surface area contributed by atoms with Gasteiger partial charge in [0.15, 0.2) is 0 Å². The number of hydrogen-bond donors (Lipinski definition) is 1. The van der Waals surface area contributed by atoms with Crippen LogP contribution in [0.2, 0.25) is 5.02 Å². The highest BCUT2D eigenvalue weighted by molar-refractivity contribution is 6.32. The summed E-state index contributed by atoms with van der Waals surface area (Å²) in [6.45, 7) is 7.05. The van der Waals surface area contributed by atoms with Crippen LogP contribution in [0, 0.1) is 6.92 Å². The number of nitrogens with one attached hydrogen (secondary N) is 1. The summed E-state index contributed by atoms with van der Waals surface area (Å²) in [4.78, 5) is 0. The Morgan fingerprint density at radius 1 is 1.47 bits per heavy atom. The molecule has 1 aromatic rings. The molecular weight excluding hydrogens is 210 g/mol. The van der Waals surface area contributed by atoms with Crippen LogP contribution in [-0.2, 0) is 0 Å². The van der Waals surface area contributed by atoms with E-state index in [9.17, 15) is 0 Å². The summed E-state index contributed by atoms with van der Waals surface area (Å²) in [5, 5.41) is 4.19. The second kappa shape index (κ2) is 4.03. The molecule has 1 aromatic carbocycles. The molecule has 1 heterocycles. The maximum atomic E-state index is 6.09. The number of hydrogen-bond acceptors (Lipinski definition) is 2. The molecule has 0 aromatic heterocycles. The van der Waals surface area contributed by atoms with Gasteiger partial charge in [-0.3, -0.25) is 0 Å². The molecule has 0 aliphatic carbocycles. The predicted octanol–water partition coefficient (Wildman–Crippen LogP) is 3.08. The molecule has 0 fully saturated rings. The van der Waals surface area contributed by atoms with Gasteiger partial charge in [-0.25, -0.2) is 0 Å². The second-order valence-electron chi connectivity index (χ2n) is 4.29. The average Bonchev–Trinajstić information content (AvgIpc) is 2.56. The number of halogens is 1. The van der Waals surface area contributed by atoms with Crippen molar-refractivity contribution in [3.8, 4) is 5.75 Å². The Labute approximate surface area is 95.6 Å². The molecule has 1 aliphatic rings. The van der Waals surface area contributed by atoms with Crippen molar-refractivity contribution in [2.24, 2.45) is 0 Å². The van der Waals surface area contributed by atoms with Gasteiger partial charge in [0.1, 0.15) is 12.4 Å². The first kappa shape index (κ1) is 10.8. The lowest BCUT2D eigenvalue weighted by atomic mass is 10.0. The third-order valence-corrected chi connectivity index (χ3v) is 2.94. The second-order valence-corrected chi connectivity index (χ2v) is 4.70. The van der Waals surface area contributed by atoms with Crippen LogP contribution in [0.5, 0.6) is 5.75 Å². The largest absolute Gasteiger partial charge is 0.490 e. The summed E-state index contributed by atoms with van der Waals surface area (Å²) in [6.07, 6.45) is 0. The zero-order valence-electron chi connectivity index (χ0n) is 9.30. The van der Waals surface area contributed by atoms with Crippen LogP contribution in [-0.4, -0.2) is 12.6 Å². The molecule has 1 aliphatic heterocycles. The number of aryl methyl sites for hydroxylation is 1. The minimum absolute atomic E-state index is 0.277. The molecule has 82 valence electrons. The number of rotatable bonds is 2. The molecule has 3 heteroatoms. The van der Waals surface area contributed by atoms with Crippen molar-refractivity contribution >= 4 is 11.6 Å². The molecule has 0 spiro atoms. The van der Waals surface area contributed by atoms with E-state index < -0.39 is 0 Å². The van der Waals surface area contributed by atoms with Crippen LogP contribution in [0.15, 0.2) is 12.1 Å². The molecule has 15 heavy (non-hydrogen) atoms. The van der Waals surface area contributed by atoms with Crippen LogP contribution < -0.4 is 10.1 Å². The standard InChI is InChI=1S/C12H16ClNO/c1-7(2)14-10-6-15-12-9(13)5-4-8(3)11(10)12/h4-5,7,10,14H,6H2,1-3H3. The Hall–Kier alpha value is -0.730. The minimum Gasteiger partial charge on any atom is -0.490 e.